The van der Waals surface area contributed by atoms with Crippen molar-refractivity contribution in [3.05, 3.63) is 70.5 Å². The number of aryl methyl sites for hydroxylation is 1. The molecule has 0 N–H and O–H groups in total. The third-order valence-corrected chi connectivity index (χ3v) is 3.78. The Morgan fingerprint density at radius 1 is 1.19 bits per heavy atom. The molecule has 0 saturated carbocycles. The molecular formula is C17H17N3O. The van der Waals surface area contributed by atoms with Crippen molar-refractivity contribution in [2.45, 2.75) is 26.3 Å². The van der Waals surface area contributed by atoms with Gasteiger partial charge in [-0.25, -0.2) is 4.98 Å². The standard InChI is InChI=1S/C17H17N3O/c1-12-4-3-5-15-16(12)17(21)20(11-19-15)13(2)10-14-6-8-18-9-7-14/h3-9,11,13H,10H2,1-2H3/t13-/m0/s1. The van der Waals surface area contributed by atoms with Gasteiger partial charge in [0.25, 0.3) is 5.56 Å². The van der Waals surface area contributed by atoms with E-state index in [-0.39, 0.29) is 11.6 Å². The van der Waals surface area contributed by atoms with Crippen LogP contribution >= 0.6 is 0 Å². The average molecular weight is 279 g/mol. The van der Waals surface area contributed by atoms with E-state index in [4.69, 9.17) is 0 Å². The summed E-state index contributed by atoms with van der Waals surface area (Å²) >= 11 is 0. The second kappa shape index (κ2) is 5.48. The maximum atomic E-state index is 12.7. The maximum Gasteiger partial charge on any atom is 0.261 e. The summed E-state index contributed by atoms with van der Waals surface area (Å²) < 4.78 is 1.72. The molecule has 4 heteroatoms. The summed E-state index contributed by atoms with van der Waals surface area (Å²) in [5.41, 5.74) is 2.91. The molecule has 0 aliphatic rings. The summed E-state index contributed by atoms with van der Waals surface area (Å²) in [5, 5.41) is 0.710. The largest absolute Gasteiger partial charge is 0.296 e. The van der Waals surface area contributed by atoms with Crippen molar-refractivity contribution in [2.24, 2.45) is 0 Å². The monoisotopic (exact) mass is 279 g/mol. The topological polar surface area (TPSA) is 47.8 Å². The van der Waals surface area contributed by atoms with E-state index in [1.807, 2.05) is 44.2 Å². The third-order valence-electron chi connectivity index (χ3n) is 3.78. The van der Waals surface area contributed by atoms with Crippen LogP contribution in [0.25, 0.3) is 10.9 Å². The normalized spacial score (nSPS) is 12.5. The summed E-state index contributed by atoms with van der Waals surface area (Å²) in [5.74, 6) is 0. The van der Waals surface area contributed by atoms with E-state index in [0.29, 0.717) is 5.39 Å². The van der Waals surface area contributed by atoms with E-state index in [0.717, 1.165) is 23.1 Å². The summed E-state index contributed by atoms with van der Waals surface area (Å²) in [6.07, 6.45) is 5.97. The molecule has 1 atom stereocenters. The minimum absolute atomic E-state index is 0.0275. The number of pyridine rings is 1. The number of hydrogen-bond acceptors (Lipinski definition) is 3. The van der Waals surface area contributed by atoms with Gasteiger partial charge in [-0.2, -0.15) is 0 Å². The number of nitrogens with zero attached hydrogens (tertiary/aromatic N) is 3. The molecule has 0 unspecified atom stereocenters. The van der Waals surface area contributed by atoms with Crippen LogP contribution < -0.4 is 5.56 Å². The molecule has 0 bridgehead atoms. The first-order chi connectivity index (χ1) is 10.2. The van der Waals surface area contributed by atoms with E-state index in [1.165, 1.54) is 0 Å². The summed E-state index contributed by atoms with van der Waals surface area (Å²) in [6, 6.07) is 9.75. The molecule has 3 rings (SSSR count). The molecule has 21 heavy (non-hydrogen) atoms. The van der Waals surface area contributed by atoms with Crippen LogP contribution in [-0.4, -0.2) is 14.5 Å². The van der Waals surface area contributed by atoms with Crippen LogP contribution in [0.15, 0.2) is 53.8 Å². The van der Waals surface area contributed by atoms with Gasteiger partial charge in [0.05, 0.1) is 17.2 Å². The minimum Gasteiger partial charge on any atom is -0.296 e. The Hall–Kier alpha value is -2.49. The van der Waals surface area contributed by atoms with Crippen molar-refractivity contribution in [3.63, 3.8) is 0 Å². The highest BCUT2D eigenvalue weighted by atomic mass is 16.1. The quantitative estimate of drug-likeness (QED) is 0.740. The van der Waals surface area contributed by atoms with Crippen LogP contribution in [0.2, 0.25) is 0 Å². The first kappa shape index (κ1) is 13.5. The van der Waals surface area contributed by atoms with Crippen molar-refractivity contribution in [2.75, 3.05) is 0 Å². The Kier molecular flexibility index (Phi) is 3.52. The number of benzene rings is 1. The van der Waals surface area contributed by atoms with Crippen molar-refractivity contribution < 1.29 is 0 Å². The molecule has 2 aromatic heterocycles. The number of aromatic nitrogens is 3. The van der Waals surface area contributed by atoms with E-state index in [1.54, 1.807) is 23.3 Å². The Labute approximate surface area is 123 Å². The molecule has 0 fully saturated rings. The predicted octanol–water partition coefficient (Wildman–Crippen LogP) is 2.90. The van der Waals surface area contributed by atoms with Gasteiger partial charge in [0.1, 0.15) is 0 Å². The molecule has 0 radical (unpaired) electrons. The van der Waals surface area contributed by atoms with Gasteiger partial charge in [-0.05, 0) is 49.6 Å². The van der Waals surface area contributed by atoms with Gasteiger partial charge in [-0.3, -0.25) is 14.3 Å². The third kappa shape index (κ3) is 2.57. The Morgan fingerprint density at radius 3 is 2.71 bits per heavy atom. The van der Waals surface area contributed by atoms with Gasteiger partial charge in [0.15, 0.2) is 0 Å². The molecule has 0 aliphatic heterocycles. The van der Waals surface area contributed by atoms with Gasteiger partial charge in [-0.15, -0.1) is 0 Å². The van der Waals surface area contributed by atoms with Crippen molar-refractivity contribution in [1.29, 1.82) is 0 Å². The van der Waals surface area contributed by atoms with Crippen LogP contribution in [0.5, 0.6) is 0 Å². The predicted molar refractivity (Wildman–Crippen MR) is 83.4 cm³/mol. The highest BCUT2D eigenvalue weighted by molar-refractivity contribution is 5.80. The zero-order valence-corrected chi connectivity index (χ0v) is 12.2. The molecule has 1 aromatic carbocycles. The van der Waals surface area contributed by atoms with Gasteiger partial charge in [0, 0.05) is 18.4 Å². The molecule has 4 nitrogen and oxygen atoms in total. The van der Waals surface area contributed by atoms with Crippen LogP contribution in [0, 0.1) is 6.92 Å². The van der Waals surface area contributed by atoms with E-state index in [9.17, 15) is 4.79 Å². The van der Waals surface area contributed by atoms with Gasteiger partial charge >= 0.3 is 0 Å². The van der Waals surface area contributed by atoms with E-state index < -0.39 is 0 Å². The van der Waals surface area contributed by atoms with Crippen molar-refractivity contribution >= 4 is 10.9 Å². The Bertz CT molecular complexity index is 824. The Balaban J connectivity index is 2.03. The van der Waals surface area contributed by atoms with Crippen LogP contribution in [0.3, 0.4) is 0 Å². The number of rotatable bonds is 3. The fourth-order valence-corrected chi connectivity index (χ4v) is 2.62. The van der Waals surface area contributed by atoms with Crippen LogP contribution in [0.4, 0.5) is 0 Å². The molecule has 2 heterocycles. The minimum atomic E-state index is 0.0275. The van der Waals surface area contributed by atoms with Gasteiger partial charge in [-0.1, -0.05) is 12.1 Å². The fourth-order valence-electron chi connectivity index (χ4n) is 2.62. The summed E-state index contributed by atoms with van der Waals surface area (Å²) in [4.78, 5) is 21.1. The van der Waals surface area contributed by atoms with E-state index in [2.05, 4.69) is 9.97 Å². The molecule has 0 aliphatic carbocycles. The molecule has 106 valence electrons. The molecule has 0 saturated heterocycles. The van der Waals surface area contributed by atoms with Crippen molar-refractivity contribution in [1.82, 2.24) is 14.5 Å². The second-order valence-electron chi connectivity index (χ2n) is 5.33. The highest BCUT2D eigenvalue weighted by Crippen LogP contribution is 2.15. The molecular weight excluding hydrogens is 262 g/mol. The van der Waals surface area contributed by atoms with Crippen LogP contribution in [0.1, 0.15) is 24.1 Å². The highest BCUT2D eigenvalue weighted by Gasteiger charge is 2.12. The van der Waals surface area contributed by atoms with Crippen LogP contribution in [-0.2, 0) is 6.42 Å². The average Bonchev–Trinajstić information content (AvgIpc) is 2.48. The van der Waals surface area contributed by atoms with Crippen molar-refractivity contribution in [3.8, 4) is 0 Å². The van der Waals surface area contributed by atoms with Gasteiger partial charge < -0.3 is 0 Å². The zero-order valence-electron chi connectivity index (χ0n) is 12.2. The SMILES string of the molecule is Cc1cccc2ncn([C@@H](C)Cc3ccncc3)c(=O)c12. The van der Waals surface area contributed by atoms with Gasteiger partial charge in [0.2, 0.25) is 0 Å². The first-order valence-corrected chi connectivity index (χ1v) is 7.02. The summed E-state index contributed by atoms with van der Waals surface area (Å²) in [6.45, 7) is 3.98. The summed E-state index contributed by atoms with van der Waals surface area (Å²) in [7, 11) is 0. The lowest BCUT2D eigenvalue weighted by molar-refractivity contribution is 0.523. The Morgan fingerprint density at radius 2 is 1.95 bits per heavy atom. The van der Waals surface area contributed by atoms with E-state index >= 15 is 0 Å². The lowest BCUT2D eigenvalue weighted by Gasteiger charge is -2.15. The second-order valence-corrected chi connectivity index (χ2v) is 5.33. The smallest absolute Gasteiger partial charge is 0.261 e. The number of fused-ring (bicyclic) bond motifs is 1. The number of hydrogen-bond donors (Lipinski definition) is 0. The molecule has 3 aromatic rings. The first-order valence-electron chi connectivity index (χ1n) is 7.02. The lowest BCUT2D eigenvalue weighted by Crippen LogP contribution is -2.25. The fraction of sp³-hybridized carbons (Fsp3) is 0.235. The maximum absolute atomic E-state index is 12.7. The molecule has 0 amide bonds. The zero-order chi connectivity index (χ0) is 14.8. The molecule has 0 spiro atoms. The lowest BCUT2D eigenvalue weighted by atomic mass is 10.1.